The first-order valence-corrected chi connectivity index (χ1v) is 11.8. The maximum Gasteiger partial charge on any atom is 0.217 e. The normalized spacial score (nSPS) is 22.0. The molecule has 0 radical (unpaired) electrons. The van der Waals surface area contributed by atoms with E-state index in [0.29, 0.717) is 18.3 Å². The van der Waals surface area contributed by atoms with Crippen LogP contribution in [0.3, 0.4) is 0 Å². The molecule has 8 heteroatoms. The molecule has 2 aromatic rings. The van der Waals surface area contributed by atoms with Crippen molar-refractivity contribution in [3.05, 3.63) is 47.5 Å². The third kappa shape index (κ3) is 7.15. The quantitative estimate of drug-likeness (QED) is 0.486. The van der Waals surface area contributed by atoms with E-state index in [2.05, 4.69) is 58.2 Å². The smallest absolute Gasteiger partial charge is 0.217 e. The molecule has 2 unspecified atom stereocenters. The standard InChI is InChI=1S/C25H35N5O3/c1-19-5-4-6-22(13-19)16-26-28-24-14-23(30-8-10-31-11-9-30)15-25(27-24)32-12-7-29-17-20(2)33-21(3)18-29/h4-6,13-16,20-21H,7-12,17-18H2,1-3H3,(H,27,28). The van der Waals surface area contributed by atoms with Gasteiger partial charge in [0.2, 0.25) is 5.88 Å². The number of nitrogens with one attached hydrogen (secondary N) is 1. The second-order valence-corrected chi connectivity index (χ2v) is 8.80. The maximum absolute atomic E-state index is 6.09. The molecule has 33 heavy (non-hydrogen) atoms. The van der Waals surface area contributed by atoms with E-state index in [1.165, 1.54) is 5.56 Å². The van der Waals surface area contributed by atoms with Gasteiger partial charge < -0.3 is 19.1 Å². The average molecular weight is 454 g/mol. The lowest BCUT2D eigenvalue weighted by Crippen LogP contribution is -2.46. The van der Waals surface area contributed by atoms with E-state index in [1.54, 1.807) is 6.21 Å². The molecule has 8 nitrogen and oxygen atoms in total. The first kappa shape index (κ1) is 23.5. The van der Waals surface area contributed by atoms with Crippen LogP contribution in [0.1, 0.15) is 25.0 Å². The number of aryl methyl sites for hydroxylation is 1. The van der Waals surface area contributed by atoms with Crippen LogP contribution >= 0.6 is 0 Å². The first-order valence-electron chi connectivity index (χ1n) is 11.8. The van der Waals surface area contributed by atoms with Crippen LogP contribution in [0.15, 0.2) is 41.5 Å². The minimum Gasteiger partial charge on any atom is -0.476 e. The van der Waals surface area contributed by atoms with Crippen molar-refractivity contribution in [1.29, 1.82) is 0 Å². The van der Waals surface area contributed by atoms with Crippen molar-refractivity contribution in [1.82, 2.24) is 9.88 Å². The molecule has 2 aliphatic rings. The van der Waals surface area contributed by atoms with Crippen molar-refractivity contribution in [2.75, 3.05) is 62.9 Å². The Morgan fingerprint density at radius 1 is 1.15 bits per heavy atom. The van der Waals surface area contributed by atoms with Crippen molar-refractivity contribution in [3.8, 4) is 5.88 Å². The number of hydrazone groups is 1. The van der Waals surface area contributed by atoms with Crippen LogP contribution in [0.2, 0.25) is 0 Å². The van der Waals surface area contributed by atoms with Crippen LogP contribution in [-0.4, -0.2) is 80.9 Å². The number of rotatable bonds is 8. The number of pyridine rings is 1. The number of benzene rings is 1. The number of morpholine rings is 2. The van der Waals surface area contributed by atoms with E-state index in [0.717, 1.165) is 57.2 Å². The summed E-state index contributed by atoms with van der Waals surface area (Å²) in [6, 6.07) is 12.2. The van der Waals surface area contributed by atoms with Crippen LogP contribution in [0.4, 0.5) is 11.5 Å². The van der Waals surface area contributed by atoms with Gasteiger partial charge in [0.1, 0.15) is 6.61 Å². The molecular weight excluding hydrogens is 418 g/mol. The largest absolute Gasteiger partial charge is 0.476 e. The van der Waals surface area contributed by atoms with Crippen LogP contribution in [0.25, 0.3) is 0 Å². The predicted molar refractivity (Wildman–Crippen MR) is 132 cm³/mol. The molecule has 1 aromatic heterocycles. The first-order chi connectivity index (χ1) is 16.0. The molecule has 2 atom stereocenters. The fourth-order valence-electron chi connectivity index (χ4n) is 4.30. The Hall–Kier alpha value is -2.68. The molecule has 178 valence electrons. The zero-order valence-electron chi connectivity index (χ0n) is 19.9. The zero-order valence-corrected chi connectivity index (χ0v) is 19.9. The molecule has 4 rings (SSSR count). The summed E-state index contributed by atoms with van der Waals surface area (Å²) >= 11 is 0. The molecule has 3 heterocycles. The molecule has 0 bridgehead atoms. The number of aromatic nitrogens is 1. The van der Waals surface area contributed by atoms with Crippen molar-refractivity contribution in [2.24, 2.45) is 5.10 Å². The number of nitrogens with zero attached hydrogens (tertiary/aromatic N) is 4. The molecule has 2 aliphatic heterocycles. The number of anilines is 2. The summed E-state index contributed by atoms with van der Waals surface area (Å²) in [4.78, 5) is 9.32. The Morgan fingerprint density at radius 3 is 2.70 bits per heavy atom. The van der Waals surface area contributed by atoms with Crippen molar-refractivity contribution in [2.45, 2.75) is 33.0 Å². The summed E-state index contributed by atoms with van der Waals surface area (Å²) < 4.78 is 17.4. The predicted octanol–water partition coefficient (Wildman–Crippen LogP) is 3.16. The third-order valence-electron chi connectivity index (χ3n) is 5.75. The minimum absolute atomic E-state index is 0.249. The highest BCUT2D eigenvalue weighted by atomic mass is 16.5. The lowest BCUT2D eigenvalue weighted by Gasteiger charge is -2.35. The number of hydrogen-bond donors (Lipinski definition) is 1. The van der Waals surface area contributed by atoms with E-state index in [1.807, 2.05) is 24.3 Å². The van der Waals surface area contributed by atoms with Gasteiger partial charge >= 0.3 is 0 Å². The van der Waals surface area contributed by atoms with Crippen LogP contribution in [0, 0.1) is 6.92 Å². The minimum atomic E-state index is 0.249. The zero-order chi connectivity index (χ0) is 23.0. The van der Waals surface area contributed by atoms with Crippen molar-refractivity contribution in [3.63, 3.8) is 0 Å². The Balaban J connectivity index is 1.42. The van der Waals surface area contributed by atoms with E-state index >= 15 is 0 Å². The fraction of sp³-hybridized carbons (Fsp3) is 0.520. The summed E-state index contributed by atoms with van der Waals surface area (Å²) in [5.74, 6) is 1.26. The van der Waals surface area contributed by atoms with Gasteiger partial charge in [-0.3, -0.25) is 10.3 Å². The Kier molecular flexibility index (Phi) is 8.15. The van der Waals surface area contributed by atoms with Crippen LogP contribution < -0.4 is 15.1 Å². The highest BCUT2D eigenvalue weighted by Gasteiger charge is 2.22. The summed E-state index contributed by atoms with van der Waals surface area (Å²) in [6.07, 6.45) is 2.30. The van der Waals surface area contributed by atoms with Gasteiger partial charge in [0, 0.05) is 50.5 Å². The summed E-state index contributed by atoms with van der Waals surface area (Å²) in [7, 11) is 0. The van der Waals surface area contributed by atoms with Gasteiger partial charge in [-0.25, -0.2) is 0 Å². The molecule has 1 aromatic carbocycles. The number of hydrogen-bond acceptors (Lipinski definition) is 8. The molecule has 0 aliphatic carbocycles. The molecule has 2 saturated heterocycles. The average Bonchev–Trinajstić information content (AvgIpc) is 2.79. The van der Waals surface area contributed by atoms with Crippen molar-refractivity contribution >= 4 is 17.7 Å². The third-order valence-corrected chi connectivity index (χ3v) is 5.75. The second-order valence-electron chi connectivity index (χ2n) is 8.80. The lowest BCUT2D eigenvalue weighted by atomic mass is 10.2. The molecule has 0 spiro atoms. The molecule has 2 fully saturated rings. The van der Waals surface area contributed by atoms with Crippen LogP contribution in [-0.2, 0) is 9.47 Å². The topological polar surface area (TPSA) is 71.5 Å². The summed E-state index contributed by atoms with van der Waals surface area (Å²) in [5, 5.41) is 4.39. The van der Waals surface area contributed by atoms with E-state index in [9.17, 15) is 0 Å². The second kappa shape index (κ2) is 11.4. The molecule has 0 saturated carbocycles. The van der Waals surface area contributed by atoms with Gasteiger partial charge in [0.15, 0.2) is 5.82 Å². The molecule has 1 N–H and O–H groups in total. The summed E-state index contributed by atoms with van der Waals surface area (Å²) in [6.45, 7) is 12.7. The van der Waals surface area contributed by atoms with Gasteiger partial charge in [0.25, 0.3) is 0 Å². The molecule has 0 amide bonds. The van der Waals surface area contributed by atoms with Crippen molar-refractivity contribution < 1.29 is 14.2 Å². The number of ether oxygens (including phenoxy) is 3. The van der Waals surface area contributed by atoms with E-state index in [4.69, 9.17) is 14.2 Å². The van der Waals surface area contributed by atoms with Gasteiger partial charge in [-0.1, -0.05) is 29.8 Å². The highest BCUT2D eigenvalue weighted by molar-refractivity contribution is 5.80. The van der Waals surface area contributed by atoms with Gasteiger partial charge in [-0.15, -0.1) is 0 Å². The van der Waals surface area contributed by atoms with Gasteiger partial charge in [0.05, 0.1) is 31.6 Å². The monoisotopic (exact) mass is 453 g/mol. The van der Waals surface area contributed by atoms with Gasteiger partial charge in [-0.2, -0.15) is 10.1 Å². The highest BCUT2D eigenvalue weighted by Crippen LogP contribution is 2.25. The Morgan fingerprint density at radius 2 is 1.94 bits per heavy atom. The lowest BCUT2D eigenvalue weighted by molar-refractivity contribution is -0.0700. The fourth-order valence-corrected chi connectivity index (χ4v) is 4.30. The Labute approximate surface area is 196 Å². The summed E-state index contributed by atoms with van der Waals surface area (Å²) in [5.41, 5.74) is 6.38. The van der Waals surface area contributed by atoms with E-state index in [-0.39, 0.29) is 12.2 Å². The van der Waals surface area contributed by atoms with Gasteiger partial charge in [-0.05, 0) is 26.3 Å². The Bertz CT molecular complexity index is 922. The van der Waals surface area contributed by atoms with Crippen LogP contribution in [0.5, 0.6) is 5.88 Å². The maximum atomic E-state index is 6.09. The van der Waals surface area contributed by atoms with E-state index < -0.39 is 0 Å². The SMILES string of the molecule is Cc1cccc(C=NNc2cc(N3CCOCC3)cc(OCCN3CC(C)OC(C)C3)n2)c1. The molecular formula is C25H35N5O3.